The standard InChI is InChI=1S/C8H6FNO3/c1-13-8(11)6-4-5(9)2-3-7(6)10-12/h2-4H,1H3/p+1. The Bertz CT molecular complexity index is 351. The maximum atomic E-state index is 12.6. The molecule has 0 amide bonds. The maximum absolute atomic E-state index is 12.6. The van der Waals surface area contributed by atoms with Crippen LogP contribution in [0.2, 0.25) is 0 Å². The second kappa shape index (κ2) is 3.75. The first kappa shape index (κ1) is 9.31. The summed E-state index contributed by atoms with van der Waals surface area (Å²) in [5, 5.41) is 1.52. The first-order chi connectivity index (χ1) is 6.19. The zero-order valence-corrected chi connectivity index (χ0v) is 6.83. The van der Waals surface area contributed by atoms with Crippen molar-refractivity contribution in [2.45, 2.75) is 0 Å². The van der Waals surface area contributed by atoms with Crippen LogP contribution >= 0.6 is 0 Å². The van der Waals surface area contributed by atoms with Crippen molar-refractivity contribution in [2.24, 2.45) is 0 Å². The van der Waals surface area contributed by atoms with E-state index < -0.39 is 11.8 Å². The van der Waals surface area contributed by atoms with Gasteiger partial charge in [-0.3, -0.25) is 0 Å². The molecular weight excluding hydrogens is 177 g/mol. The molecule has 0 fully saturated rings. The van der Waals surface area contributed by atoms with Gasteiger partial charge in [0.2, 0.25) is 0 Å². The topological polar surface area (TPSA) is 57.3 Å². The van der Waals surface area contributed by atoms with Gasteiger partial charge in [-0.15, -0.1) is 0 Å². The smallest absolute Gasteiger partial charge is 0.344 e. The number of methoxy groups -OCH3 is 1. The summed E-state index contributed by atoms with van der Waals surface area (Å²) in [5.74, 6) is -1.35. The lowest BCUT2D eigenvalue weighted by molar-refractivity contribution is -0.379. The Morgan fingerprint density at radius 3 is 2.77 bits per heavy atom. The Kier molecular flexibility index (Phi) is 2.69. The molecule has 0 heterocycles. The van der Waals surface area contributed by atoms with Gasteiger partial charge in [0.1, 0.15) is 11.4 Å². The first-order valence-corrected chi connectivity index (χ1v) is 3.45. The van der Waals surface area contributed by atoms with Crippen molar-refractivity contribution in [1.82, 2.24) is 0 Å². The summed E-state index contributed by atoms with van der Waals surface area (Å²) in [6.45, 7) is 0. The lowest BCUT2D eigenvalue weighted by Gasteiger charge is -1.97. The summed E-state index contributed by atoms with van der Waals surface area (Å²) in [7, 11) is 1.15. The molecule has 0 aliphatic carbocycles. The molecule has 1 aromatic carbocycles. The molecule has 0 saturated carbocycles. The first-order valence-electron chi connectivity index (χ1n) is 3.45. The second-order valence-electron chi connectivity index (χ2n) is 2.28. The monoisotopic (exact) mass is 184 g/mol. The molecule has 0 radical (unpaired) electrons. The van der Waals surface area contributed by atoms with Crippen LogP contribution in [0.25, 0.3) is 0 Å². The number of hydrogen-bond acceptors (Lipinski definition) is 3. The predicted octanol–water partition coefficient (Wildman–Crippen LogP) is 0.0908. The number of ether oxygens (including phenoxy) is 1. The second-order valence-corrected chi connectivity index (χ2v) is 2.28. The molecule has 0 spiro atoms. The number of esters is 1. The zero-order valence-electron chi connectivity index (χ0n) is 6.83. The van der Waals surface area contributed by atoms with Crippen molar-refractivity contribution in [3.63, 3.8) is 0 Å². The zero-order chi connectivity index (χ0) is 9.84. The third-order valence-electron chi connectivity index (χ3n) is 1.50. The van der Waals surface area contributed by atoms with E-state index in [0.717, 1.165) is 19.2 Å². The highest BCUT2D eigenvalue weighted by molar-refractivity contribution is 5.93. The van der Waals surface area contributed by atoms with Gasteiger partial charge in [-0.25, -0.2) is 9.18 Å². The van der Waals surface area contributed by atoms with Gasteiger partial charge in [0.05, 0.1) is 7.11 Å². The fourth-order valence-electron chi connectivity index (χ4n) is 0.884. The van der Waals surface area contributed by atoms with Crippen molar-refractivity contribution in [2.75, 3.05) is 7.11 Å². The Morgan fingerprint density at radius 1 is 1.54 bits per heavy atom. The van der Waals surface area contributed by atoms with Crippen molar-refractivity contribution in [3.05, 3.63) is 34.5 Å². The summed E-state index contributed by atoms with van der Waals surface area (Å²) in [5.41, 5.74) is -0.120. The number of nitroso groups, excluding NO2 is 1. The van der Waals surface area contributed by atoms with Crippen LogP contribution in [0.4, 0.5) is 10.1 Å². The van der Waals surface area contributed by atoms with Crippen LogP contribution in [-0.4, -0.2) is 13.1 Å². The van der Waals surface area contributed by atoms with Gasteiger partial charge >= 0.3 is 5.97 Å². The molecule has 1 aromatic rings. The minimum Gasteiger partial charge on any atom is -0.465 e. The van der Waals surface area contributed by atoms with E-state index in [1.165, 1.54) is 11.2 Å². The van der Waals surface area contributed by atoms with E-state index in [0.29, 0.717) is 0 Å². The summed E-state index contributed by atoms with van der Waals surface area (Å²) >= 11 is 0. The van der Waals surface area contributed by atoms with Gasteiger partial charge in [-0.1, -0.05) is 0 Å². The molecule has 0 unspecified atom stereocenters. The van der Waals surface area contributed by atoms with E-state index in [-0.39, 0.29) is 11.3 Å². The van der Waals surface area contributed by atoms with Crippen molar-refractivity contribution >= 4 is 11.7 Å². The number of nitrogens with one attached hydrogen (secondary N) is 1. The predicted molar refractivity (Wildman–Crippen MR) is 41.7 cm³/mol. The molecule has 0 saturated heterocycles. The summed E-state index contributed by atoms with van der Waals surface area (Å²) < 4.78 is 17.0. The van der Waals surface area contributed by atoms with Crippen LogP contribution in [-0.2, 0) is 4.74 Å². The minimum atomic E-state index is -0.752. The molecule has 68 valence electrons. The van der Waals surface area contributed by atoms with E-state index in [9.17, 15) is 14.1 Å². The van der Waals surface area contributed by atoms with Crippen molar-refractivity contribution in [3.8, 4) is 0 Å². The fourth-order valence-corrected chi connectivity index (χ4v) is 0.884. The number of benzene rings is 1. The van der Waals surface area contributed by atoms with Crippen LogP contribution in [0.3, 0.4) is 0 Å². The molecule has 0 bridgehead atoms. The van der Waals surface area contributed by atoms with E-state index in [1.807, 2.05) is 0 Å². The lowest BCUT2D eigenvalue weighted by atomic mass is 10.2. The third-order valence-corrected chi connectivity index (χ3v) is 1.50. The third kappa shape index (κ3) is 1.87. The average molecular weight is 184 g/mol. The fraction of sp³-hybridized carbons (Fsp3) is 0.125. The Hall–Kier alpha value is -1.78. The molecule has 1 N–H and O–H groups in total. The Labute approximate surface area is 73.3 Å². The van der Waals surface area contributed by atoms with Crippen LogP contribution in [0.1, 0.15) is 10.4 Å². The largest absolute Gasteiger partial charge is 0.465 e. The van der Waals surface area contributed by atoms with Crippen LogP contribution < -0.4 is 5.18 Å². The van der Waals surface area contributed by atoms with Gasteiger partial charge in [0, 0.05) is 16.2 Å². The molecule has 1 rings (SSSR count). The highest BCUT2D eigenvalue weighted by atomic mass is 19.1. The molecule has 0 aromatic heterocycles. The van der Waals surface area contributed by atoms with Crippen molar-refractivity contribution < 1.29 is 19.1 Å². The molecule has 0 aliphatic heterocycles. The molecule has 0 atom stereocenters. The van der Waals surface area contributed by atoms with Gasteiger partial charge < -0.3 is 4.74 Å². The Balaban J connectivity index is 3.23. The molecular formula is C8H7FNO3+. The number of carbonyl (C=O) groups is 1. The minimum absolute atomic E-state index is 0.00625. The Morgan fingerprint density at radius 2 is 2.23 bits per heavy atom. The normalized spacial score (nSPS) is 9.38. The van der Waals surface area contributed by atoms with Gasteiger partial charge in [0.25, 0.3) is 5.69 Å². The summed E-state index contributed by atoms with van der Waals surface area (Å²) in [6.07, 6.45) is 0. The number of hydrogen-bond donors (Lipinski definition) is 1. The van der Waals surface area contributed by atoms with Gasteiger partial charge in [0.15, 0.2) is 0 Å². The molecule has 4 nitrogen and oxygen atoms in total. The summed E-state index contributed by atoms with van der Waals surface area (Å²) in [4.78, 5) is 21.3. The lowest BCUT2D eigenvalue weighted by Crippen LogP contribution is -2.56. The van der Waals surface area contributed by atoms with Gasteiger partial charge in [-0.05, 0) is 12.1 Å². The number of carbonyl (C=O) groups excluding carboxylic acids is 1. The van der Waals surface area contributed by atoms with Crippen LogP contribution in [0, 0.1) is 10.7 Å². The van der Waals surface area contributed by atoms with E-state index in [2.05, 4.69) is 4.74 Å². The SMILES string of the molecule is COC(=O)c1cc(F)ccc1[NH+]=O. The van der Waals surface area contributed by atoms with Crippen molar-refractivity contribution in [1.29, 1.82) is 0 Å². The highest BCUT2D eigenvalue weighted by Gasteiger charge is 2.17. The van der Waals surface area contributed by atoms with E-state index >= 15 is 0 Å². The quantitative estimate of drug-likeness (QED) is 0.663. The number of rotatable bonds is 2. The molecule has 5 heteroatoms. The maximum Gasteiger partial charge on any atom is 0.344 e. The van der Waals surface area contributed by atoms with Crippen LogP contribution in [0.5, 0.6) is 0 Å². The molecule has 13 heavy (non-hydrogen) atoms. The molecule has 0 aliphatic rings. The van der Waals surface area contributed by atoms with E-state index in [1.54, 1.807) is 0 Å². The highest BCUT2D eigenvalue weighted by Crippen LogP contribution is 2.12. The average Bonchev–Trinajstić information content (AvgIpc) is 2.16. The van der Waals surface area contributed by atoms with Gasteiger partial charge in [-0.2, -0.15) is 0 Å². The van der Waals surface area contributed by atoms with E-state index in [4.69, 9.17) is 0 Å². The number of halogens is 1. The summed E-state index contributed by atoms with van der Waals surface area (Å²) in [6, 6.07) is 3.19. The van der Waals surface area contributed by atoms with Crippen LogP contribution in [0.15, 0.2) is 18.2 Å².